The minimum absolute atomic E-state index is 0.0389. The number of hydrogen-bond acceptors (Lipinski definition) is 4. The number of ether oxygens (including phenoxy) is 1. The summed E-state index contributed by atoms with van der Waals surface area (Å²) in [5.74, 6) is -2.22. The van der Waals surface area contributed by atoms with Crippen LogP contribution in [0, 0.1) is 0 Å². The van der Waals surface area contributed by atoms with Crippen molar-refractivity contribution >= 4 is 11.8 Å². The Morgan fingerprint density at radius 3 is 2.64 bits per heavy atom. The Morgan fingerprint density at radius 1 is 1.64 bits per heavy atom. The molecule has 2 N–H and O–H groups in total. The summed E-state index contributed by atoms with van der Waals surface area (Å²) in [5, 5.41) is 17.6. The van der Waals surface area contributed by atoms with Crippen molar-refractivity contribution in [1.82, 2.24) is 0 Å². The first-order valence-corrected chi connectivity index (χ1v) is 3.14. The van der Waals surface area contributed by atoms with Gasteiger partial charge in [-0.15, -0.1) is 0 Å². The molecular formula is C6H8O5. The largest absolute Gasteiger partial charge is 0.479 e. The quantitative estimate of drug-likeness (QED) is 0.470. The van der Waals surface area contributed by atoms with Crippen molar-refractivity contribution in [2.45, 2.75) is 12.0 Å². The van der Waals surface area contributed by atoms with Gasteiger partial charge in [0.1, 0.15) is 0 Å². The molecule has 0 saturated carbocycles. The Hall–Kier alpha value is -0.940. The molecule has 5 heteroatoms. The normalized spacial score (nSPS) is 31.9. The smallest absolute Gasteiger partial charge is 0.346 e. The van der Waals surface area contributed by atoms with E-state index in [9.17, 15) is 9.59 Å². The van der Waals surface area contributed by atoms with E-state index in [4.69, 9.17) is 10.2 Å². The molecule has 1 heterocycles. The lowest BCUT2D eigenvalue weighted by atomic mass is 9.95. The van der Waals surface area contributed by atoms with E-state index in [2.05, 4.69) is 4.74 Å². The van der Waals surface area contributed by atoms with Crippen LogP contribution >= 0.6 is 0 Å². The van der Waals surface area contributed by atoms with Crippen molar-refractivity contribution in [3.05, 3.63) is 0 Å². The van der Waals surface area contributed by atoms with Crippen LogP contribution in [0.5, 0.6) is 0 Å². The lowest BCUT2D eigenvalue weighted by molar-refractivity contribution is -0.177. The lowest BCUT2D eigenvalue weighted by Crippen LogP contribution is -2.53. The number of carboxylic acid groups (broad SMARTS) is 1. The van der Waals surface area contributed by atoms with E-state index in [0.29, 0.717) is 0 Å². The number of hydrogen-bond donors (Lipinski definition) is 2. The maximum absolute atomic E-state index is 10.8. The molecule has 62 valence electrons. The summed E-state index contributed by atoms with van der Waals surface area (Å²) < 4.78 is 4.67. The van der Waals surface area contributed by atoms with Crippen LogP contribution in [0.4, 0.5) is 0 Å². The van der Waals surface area contributed by atoms with Crippen LogP contribution in [0.3, 0.4) is 0 Å². The maximum atomic E-state index is 10.8. The summed E-state index contributed by atoms with van der Waals surface area (Å²) in [7, 11) is 0. The molecule has 1 unspecified atom stereocenters. The third kappa shape index (κ3) is 1.24. The van der Waals surface area contributed by atoms with Gasteiger partial charge in [0.15, 0.2) is 5.78 Å². The maximum Gasteiger partial charge on any atom is 0.346 e. The van der Waals surface area contributed by atoms with Gasteiger partial charge in [-0.05, 0) is 0 Å². The summed E-state index contributed by atoms with van der Waals surface area (Å²) in [4.78, 5) is 21.2. The number of aliphatic carboxylic acids is 1. The Morgan fingerprint density at radius 2 is 2.27 bits per heavy atom. The van der Waals surface area contributed by atoms with Gasteiger partial charge in [-0.2, -0.15) is 0 Å². The number of carboxylic acids is 1. The predicted molar refractivity (Wildman–Crippen MR) is 33.0 cm³/mol. The zero-order valence-corrected chi connectivity index (χ0v) is 5.74. The number of carbonyl (C=O) groups excluding carboxylic acids is 1. The predicted octanol–water partition coefficient (Wildman–Crippen LogP) is -1.21. The standard InChI is InChI=1S/C6H8O5/c7-4-1-2-11-3-6(4,10)5(8)9/h10H,1-3H2,(H,8,9). The van der Waals surface area contributed by atoms with Gasteiger partial charge in [-0.3, -0.25) is 4.79 Å². The molecular weight excluding hydrogens is 152 g/mol. The van der Waals surface area contributed by atoms with Crippen molar-refractivity contribution < 1.29 is 24.5 Å². The molecule has 0 aromatic carbocycles. The van der Waals surface area contributed by atoms with E-state index in [1.807, 2.05) is 0 Å². The van der Waals surface area contributed by atoms with Gasteiger partial charge < -0.3 is 14.9 Å². The molecule has 0 aliphatic carbocycles. The van der Waals surface area contributed by atoms with Gasteiger partial charge in [-0.25, -0.2) is 4.79 Å². The second-order valence-electron chi connectivity index (χ2n) is 2.39. The van der Waals surface area contributed by atoms with E-state index in [1.165, 1.54) is 0 Å². The Balaban J connectivity index is 2.81. The van der Waals surface area contributed by atoms with E-state index in [0.717, 1.165) is 0 Å². The summed E-state index contributed by atoms with van der Waals surface area (Å²) in [6, 6.07) is 0. The van der Waals surface area contributed by atoms with Crippen LogP contribution in [-0.2, 0) is 14.3 Å². The molecule has 0 bridgehead atoms. The topological polar surface area (TPSA) is 83.8 Å². The second-order valence-corrected chi connectivity index (χ2v) is 2.39. The average Bonchev–Trinajstić information content (AvgIpc) is 1.95. The third-order valence-electron chi connectivity index (χ3n) is 1.60. The van der Waals surface area contributed by atoms with Crippen LogP contribution in [0.1, 0.15) is 6.42 Å². The van der Waals surface area contributed by atoms with Gasteiger partial charge >= 0.3 is 5.97 Å². The van der Waals surface area contributed by atoms with Gasteiger partial charge in [0.25, 0.3) is 0 Å². The molecule has 1 aliphatic rings. The second kappa shape index (κ2) is 2.60. The van der Waals surface area contributed by atoms with Crippen molar-refractivity contribution in [1.29, 1.82) is 0 Å². The van der Waals surface area contributed by atoms with Crippen molar-refractivity contribution in [2.75, 3.05) is 13.2 Å². The first-order valence-electron chi connectivity index (χ1n) is 3.14. The fraction of sp³-hybridized carbons (Fsp3) is 0.667. The molecule has 1 aliphatic heterocycles. The SMILES string of the molecule is O=C(O)C1(O)COCCC1=O. The van der Waals surface area contributed by atoms with E-state index in [1.54, 1.807) is 0 Å². The van der Waals surface area contributed by atoms with E-state index < -0.39 is 24.0 Å². The Bertz CT molecular complexity index is 199. The fourth-order valence-electron chi connectivity index (χ4n) is 0.853. The van der Waals surface area contributed by atoms with Crippen LogP contribution < -0.4 is 0 Å². The highest BCUT2D eigenvalue weighted by Crippen LogP contribution is 2.14. The molecule has 5 nitrogen and oxygen atoms in total. The zero-order valence-electron chi connectivity index (χ0n) is 5.74. The first-order chi connectivity index (χ1) is 5.07. The average molecular weight is 160 g/mol. The van der Waals surface area contributed by atoms with Gasteiger partial charge in [0, 0.05) is 6.42 Å². The van der Waals surface area contributed by atoms with Crippen molar-refractivity contribution in [2.24, 2.45) is 0 Å². The molecule has 0 radical (unpaired) electrons. The molecule has 1 atom stereocenters. The number of rotatable bonds is 1. The fourth-order valence-corrected chi connectivity index (χ4v) is 0.853. The summed E-state index contributed by atoms with van der Waals surface area (Å²) in [5.41, 5.74) is -2.31. The highest BCUT2D eigenvalue weighted by molar-refractivity contribution is 6.06. The van der Waals surface area contributed by atoms with E-state index >= 15 is 0 Å². The molecule has 0 aromatic rings. The molecule has 0 spiro atoms. The minimum atomic E-state index is -2.31. The summed E-state index contributed by atoms with van der Waals surface area (Å²) >= 11 is 0. The van der Waals surface area contributed by atoms with Crippen molar-refractivity contribution in [3.63, 3.8) is 0 Å². The lowest BCUT2D eigenvalue weighted by Gasteiger charge is -2.25. The third-order valence-corrected chi connectivity index (χ3v) is 1.60. The van der Waals surface area contributed by atoms with Crippen LogP contribution in [0.15, 0.2) is 0 Å². The number of Topliss-reactive ketones (excluding diaryl/α,β-unsaturated/α-hetero) is 1. The monoisotopic (exact) mass is 160 g/mol. The minimum Gasteiger partial charge on any atom is -0.479 e. The molecule has 1 rings (SSSR count). The summed E-state index contributed by atoms with van der Waals surface area (Å²) in [6.45, 7) is -0.254. The first kappa shape index (κ1) is 8.16. The van der Waals surface area contributed by atoms with Crippen LogP contribution in [0.2, 0.25) is 0 Å². The molecule has 0 aromatic heterocycles. The Labute approximate surface area is 62.6 Å². The molecule has 0 amide bonds. The molecule has 1 fully saturated rings. The van der Waals surface area contributed by atoms with Crippen LogP contribution in [-0.4, -0.2) is 40.8 Å². The van der Waals surface area contributed by atoms with Crippen molar-refractivity contribution in [3.8, 4) is 0 Å². The highest BCUT2D eigenvalue weighted by Gasteiger charge is 2.46. The summed E-state index contributed by atoms with van der Waals surface area (Å²) in [6.07, 6.45) is -0.0389. The zero-order chi connectivity index (χ0) is 8.48. The van der Waals surface area contributed by atoms with Gasteiger partial charge in [-0.1, -0.05) is 0 Å². The molecule has 1 saturated heterocycles. The number of aliphatic hydroxyl groups is 1. The number of ketones is 1. The number of carbonyl (C=O) groups is 2. The molecule has 11 heavy (non-hydrogen) atoms. The van der Waals surface area contributed by atoms with Gasteiger partial charge in [0.2, 0.25) is 5.60 Å². The Kier molecular flexibility index (Phi) is 1.92. The van der Waals surface area contributed by atoms with E-state index in [-0.39, 0.29) is 13.0 Å². The van der Waals surface area contributed by atoms with Gasteiger partial charge in [0.05, 0.1) is 13.2 Å². The van der Waals surface area contributed by atoms with Crippen LogP contribution in [0.25, 0.3) is 0 Å². The highest BCUT2D eigenvalue weighted by atomic mass is 16.5.